The van der Waals surface area contributed by atoms with Gasteiger partial charge in [0, 0.05) is 5.56 Å². The zero-order chi connectivity index (χ0) is 18.2. The van der Waals surface area contributed by atoms with E-state index < -0.39 is 28.1 Å². The highest BCUT2D eigenvalue weighted by molar-refractivity contribution is 7.89. The van der Waals surface area contributed by atoms with Crippen LogP contribution in [-0.4, -0.2) is 31.4 Å². The maximum atomic E-state index is 11.6. The molecule has 3 rings (SSSR count). The first kappa shape index (κ1) is 17.4. The van der Waals surface area contributed by atoms with E-state index in [1.54, 1.807) is 30.3 Å². The van der Waals surface area contributed by atoms with E-state index in [0.717, 1.165) is 0 Å². The van der Waals surface area contributed by atoms with Gasteiger partial charge in [-0.05, 0) is 23.8 Å². The van der Waals surface area contributed by atoms with Crippen LogP contribution in [0.25, 0.3) is 0 Å². The molecule has 3 N–H and O–H groups in total. The summed E-state index contributed by atoms with van der Waals surface area (Å²) in [6.07, 6.45) is -0.817. The lowest BCUT2D eigenvalue weighted by atomic mass is 10.0. The molecule has 0 saturated carbocycles. The normalized spacial score (nSPS) is 20.0. The highest BCUT2D eigenvalue weighted by Gasteiger charge is 2.38. The molecular formula is C16H13ClN2O5S. The zero-order valence-electron chi connectivity index (χ0n) is 12.7. The lowest BCUT2D eigenvalue weighted by Crippen LogP contribution is -2.23. The third-order valence-electron chi connectivity index (χ3n) is 3.65. The zero-order valence-corrected chi connectivity index (χ0v) is 14.2. The van der Waals surface area contributed by atoms with E-state index in [-0.39, 0.29) is 21.4 Å². The van der Waals surface area contributed by atoms with E-state index in [1.165, 1.54) is 18.2 Å². The molecule has 0 bridgehead atoms. The number of aliphatic imine (C=N–C) groups is 1. The summed E-state index contributed by atoms with van der Waals surface area (Å²) in [4.78, 5) is 15.3. The Morgan fingerprint density at radius 3 is 2.48 bits per heavy atom. The van der Waals surface area contributed by atoms with Crippen molar-refractivity contribution >= 4 is 33.5 Å². The van der Waals surface area contributed by atoms with Crippen LogP contribution in [0.1, 0.15) is 17.2 Å². The second-order valence-electron chi connectivity index (χ2n) is 5.36. The molecule has 0 aromatic heterocycles. The third kappa shape index (κ3) is 3.51. The number of nitrogens with zero attached hydrogens (tertiary/aromatic N) is 1. The van der Waals surface area contributed by atoms with Gasteiger partial charge in [0.15, 0.2) is 12.1 Å². The van der Waals surface area contributed by atoms with Gasteiger partial charge in [-0.25, -0.2) is 23.3 Å². The van der Waals surface area contributed by atoms with Crippen molar-refractivity contribution < 1.29 is 23.1 Å². The van der Waals surface area contributed by atoms with Gasteiger partial charge in [0.2, 0.25) is 15.9 Å². The molecule has 0 fully saturated rings. The van der Waals surface area contributed by atoms with Crippen molar-refractivity contribution in [2.75, 3.05) is 0 Å². The number of halogens is 1. The number of aliphatic carboxylic acids is 1. The first-order valence-electron chi connectivity index (χ1n) is 7.12. The molecule has 0 amide bonds. The van der Waals surface area contributed by atoms with E-state index in [4.69, 9.17) is 21.5 Å². The standard InChI is InChI=1S/C16H13ClN2O5S/c17-11-7-6-10(8-12(11)25(18,22)23)15-19-13(16(20)21)14(24-15)9-4-2-1-3-5-9/h1-8,13-14H,(H,20,21)(H2,18,22,23). The molecule has 0 spiro atoms. The first-order chi connectivity index (χ1) is 11.8. The van der Waals surface area contributed by atoms with Gasteiger partial charge in [0.25, 0.3) is 0 Å². The summed E-state index contributed by atoms with van der Waals surface area (Å²) in [6, 6.07) is 11.7. The average Bonchev–Trinajstić information content (AvgIpc) is 3.00. The van der Waals surface area contributed by atoms with Gasteiger partial charge >= 0.3 is 5.97 Å². The van der Waals surface area contributed by atoms with Crippen LogP contribution < -0.4 is 5.14 Å². The number of rotatable bonds is 4. The number of carboxylic acids is 1. The molecule has 9 heteroatoms. The van der Waals surface area contributed by atoms with Crippen LogP contribution in [0.5, 0.6) is 0 Å². The fourth-order valence-corrected chi connectivity index (χ4v) is 3.56. The highest BCUT2D eigenvalue weighted by Crippen LogP contribution is 2.32. The Kier molecular flexibility index (Phi) is 4.51. The van der Waals surface area contributed by atoms with Gasteiger partial charge in [0.1, 0.15) is 4.90 Å². The topological polar surface area (TPSA) is 119 Å². The quantitative estimate of drug-likeness (QED) is 0.840. The van der Waals surface area contributed by atoms with Gasteiger partial charge in [-0.2, -0.15) is 0 Å². The van der Waals surface area contributed by atoms with Gasteiger partial charge < -0.3 is 9.84 Å². The number of primary sulfonamides is 1. The Morgan fingerprint density at radius 1 is 1.20 bits per heavy atom. The van der Waals surface area contributed by atoms with Crippen molar-refractivity contribution in [3.8, 4) is 0 Å². The fraction of sp³-hybridized carbons (Fsp3) is 0.125. The van der Waals surface area contributed by atoms with E-state index in [9.17, 15) is 18.3 Å². The lowest BCUT2D eigenvalue weighted by Gasteiger charge is -2.15. The predicted molar refractivity (Wildman–Crippen MR) is 91.1 cm³/mol. The molecule has 25 heavy (non-hydrogen) atoms. The van der Waals surface area contributed by atoms with Crippen molar-refractivity contribution in [3.05, 3.63) is 64.7 Å². The number of carboxylic acid groups (broad SMARTS) is 1. The minimum Gasteiger partial charge on any atom is -0.480 e. The molecule has 0 aliphatic carbocycles. The van der Waals surface area contributed by atoms with Crippen molar-refractivity contribution in [1.82, 2.24) is 0 Å². The van der Waals surface area contributed by atoms with Crippen LogP contribution >= 0.6 is 11.6 Å². The van der Waals surface area contributed by atoms with Crippen LogP contribution in [0, 0.1) is 0 Å². The van der Waals surface area contributed by atoms with Gasteiger partial charge in [-0.3, -0.25) is 0 Å². The number of sulfonamides is 1. The molecule has 2 aromatic carbocycles. The minimum atomic E-state index is -4.04. The van der Waals surface area contributed by atoms with Crippen LogP contribution in [0.15, 0.2) is 58.4 Å². The van der Waals surface area contributed by atoms with Crippen molar-refractivity contribution in [2.45, 2.75) is 17.0 Å². The number of ether oxygens (including phenoxy) is 1. The maximum absolute atomic E-state index is 11.6. The molecule has 2 aromatic rings. The van der Waals surface area contributed by atoms with Crippen LogP contribution in [0.3, 0.4) is 0 Å². The molecular weight excluding hydrogens is 368 g/mol. The average molecular weight is 381 g/mol. The molecule has 2 unspecified atom stereocenters. The molecule has 1 aliphatic heterocycles. The molecule has 130 valence electrons. The summed E-state index contributed by atoms with van der Waals surface area (Å²) < 4.78 is 28.9. The van der Waals surface area contributed by atoms with Crippen molar-refractivity contribution in [3.63, 3.8) is 0 Å². The number of benzene rings is 2. The number of hydrogen-bond acceptors (Lipinski definition) is 5. The largest absolute Gasteiger partial charge is 0.480 e. The number of nitrogens with two attached hydrogens (primary N) is 1. The number of hydrogen-bond donors (Lipinski definition) is 2. The van der Waals surface area contributed by atoms with E-state index >= 15 is 0 Å². The van der Waals surface area contributed by atoms with E-state index in [0.29, 0.717) is 5.56 Å². The van der Waals surface area contributed by atoms with Crippen LogP contribution in [-0.2, 0) is 19.6 Å². The molecule has 1 aliphatic rings. The van der Waals surface area contributed by atoms with Crippen molar-refractivity contribution in [1.29, 1.82) is 0 Å². The van der Waals surface area contributed by atoms with E-state index in [1.807, 2.05) is 0 Å². The summed E-state index contributed by atoms with van der Waals surface area (Å²) in [7, 11) is -4.04. The Morgan fingerprint density at radius 2 is 1.88 bits per heavy atom. The third-order valence-corrected chi connectivity index (χ3v) is 5.04. The van der Waals surface area contributed by atoms with Gasteiger partial charge in [-0.1, -0.05) is 41.9 Å². The molecule has 0 radical (unpaired) electrons. The monoisotopic (exact) mass is 380 g/mol. The first-order valence-corrected chi connectivity index (χ1v) is 9.05. The molecule has 2 atom stereocenters. The van der Waals surface area contributed by atoms with Crippen molar-refractivity contribution in [2.24, 2.45) is 10.1 Å². The van der Waals surface area contributed by atoms with Gasteiger partial charge in [0.05, 0.1) is 5.02 Å². The Bertz CT molecular complexity index is 960. The summed E-state index contributed by atoms with van der Waals surface area (Å²) >= 11 is 5.86. The van der Waals surface area contributed by atoms with Crippen LogP contribution in [0.2, 0.25) is 5.02 Å². The SMILES string of the molecule is NS(=O)(=O)c1cc(C2=NC(C(=O)O)C(c3ccccc3)O2)ccc1Cl. The minimum absolute atomic E-state index is 0.0165. The van der Waals surface area contributed by atoms with Gasteiger partial charge in [-0.15, -0.1) is 0 Å². The molecule has 0 saturated heterocycles. The Labute approximate surface area is 148 Å². The summed E-state index contributed by atoms with van der Waals surface area (Å²) in [5.74, 6) is -1.13. The lowest BCUT2D eigenvalue weighted by molar-refractivity contribution is -0.140. The molecule has 7 nitrogen and oxygen atoms in total. The maximum Gasteiger partial charge on any atom is 0.332 e. The second-order valence-corrected chi connectivity index (χ2v) is 7.29. The summed E-state index contributed by atoms with van der Waals surface area (Å²) in [6.45, 7) is 0. The predicted octanol–water partition coefficient (Wildman–Crippen LogP) is 1.96. The summed E-state index contributed by atoms with van der Waals surface area (Å²) in [5, 5.41) is 14.5. The van der Waals surface area contributed by atoms with Crippen LogP contribution in [0.4, 0.5) is 0 Å². The number of carbonyl (C=O) groups is 1. The Balaban J connectivity index is 2.02. The second kappa shape index (κ2) is 6.47. The Hall–Kier alpha value is -2.42. The molecule has 1 heterocycles. The highest BCUT2D eigenvalue weighted by atomic mass is 35.5. The smallest absolute Gasteiger partial charge is 0.332 e. The fourth-order valence-electron chi connectivity index (χ4n) is 2.48. The summed E-state index contributed by atoms with van der Waals surface area (Å²) in [5.41, 5.74) is 0.924. The van der Waals surface area contributed by atoms with E-state index in [2.05, 4.69) is 4.99 Å².